The molecule has 0 spiro atoms. The van der Waals surface area contributed by atoms with Crippen molar-refractivity contribution in [3.63, 3.8) is 0 Å². The first-order valence-electron chi connectivity index (χ1n) is 7.32. The van der Waals surface area contributed by atoms with Gasteiger partial charge in [-0.2, -0.15) is 0 Å². The van der Waals surface area contributed by atoms with E-state index < -0.39 is 0 Å². The number of fused-ring (bicyclic) bond motifs is 1. The third-order valence-corrected chi connectivity index (χ3v) is 4.03. The van der Waals surface area contributed by atoms with Crippen LogP contribution in [0, 0.1) is 6.92 Å². The lowest BCUT2D eigenvalue weighted by Gasteiger charge is -2.29. The Hall–Kier alpha value is -2.29. The first-order chi connectivity index (χ1) is 10.1. The first kappa shape index (κ1) is 13.7. The summed E-state index contributed by atoms with van der Waals surface area (Å²) in [6, 6.07) is 14.1. The molecule has 1 amide bonds. The molecule has 0 aromatic heterocycles. The molecular formula is C18H20N2O. The zero-order chi connectivity index (χ0) is 14.8. The van der Waals surface area contributed by atoms with E-state index in [0.29, 0.717) is 13.0 Å². The Kier molecular flexibility index (Phi) is 3.65. The first-order valence-corrected chi connectivity index (χ1v) is 7.32. The van der Waals surface area contributed by atoms with Gasteiger partial charge in [-0.05, 0) is 42.2 Å². The summed E-state index contributed by atoms with van der Waals surface area (Å²) >= 11 is 0. The van der Waals surface area contributed by atoms with Crippen LogP contribution in [0.1, 0.15) is 22.3 Å². The molecule has 0 radical (unpaired) electrons. The lowest BCUT2D eigenvalue weighted by Crippen LogP contribution is -2.36. The second-order valence-electron chi connectivity index (χ2n) is 5.76. The highest BCUT2D eigenvalue weighted by Crippen LogP contribution is 2.22. The van der Waals surface area contributed by atoms with Gasteiger partial charge in [-0.25, -0.2) is 0 Å². The van der Waals surface area contributed by atoms with E-state index in [1.54, 1.807) is 0 Å². The maximum atomic E-state index is 12.5. The Bertz CT molecular complexity index is 679. The number of rotatable bonds is 2. The highest BCUT2D eigenvalue weighted by molar-refractivity contribution is 5.79. The summed E-state index contributed by atoms with van der Waals surface area (Å²) in [7, 11) is 0. The molecule has 3 heteroatoms. The Balaban J connectivity index is 1.72. The fraction of sp³-hybridized carbons (Fsp3) is 0.278. The highest BCUT2D eigenvalue weighted by Gasteiger charge is 2.20. The van der Waals surface area contributed by atoms with Gasteiger partial charge in [0.05, 0.1) is 6.42 Å². The Labute approximate surface area is 125 Å². The summed E-state index contributed by atoms with van der Waals surface area (Å²) in [6.07, 6.45) is 1.38. The van der Waals surface area contributed by atoms with Crippen molar-refractivity contribution in [1.82, 2.24) is 4.90 Å². The van der Waals surface area contributed by atoms with Crippen molar-refractivity contribution in [3.05, 3.63) is 64.7 Å². The van der Waals surface area contributed by atoms with E-state index in [-0.39, 0.29) is 5.91 Å². The van der Waals surface area contributed by atoms with Gasteiger partial charge in [0.2, 0.25) is 5.91 Å². The van der Waals surface area contributed by atoms with Crippen LogP contribution in [0.5, 0.6) is 0 Å². The highest BCUT2D eigenvalue weighted by atomic mass is 16.2. The number of hydrogen-bond acceptors (Lipinski definition) is 2. The third-order valence-electron chi connectivity index (χ3n) is 4.03. The van der Waals surface area contributed by atoms with E-state index in [4.69, 9.17) is 5.73 Å². The fourth-order valence-electron chi connectivity index (χ4n) is 2.90. The average molecular weight is 280 g/mol. The normalized spacial score (nSPS) is 13.9. The molecular weight excluding hydrogens is 260 g/mol. The van der Waals surface area contributed by atoms with E-state index in [1.807, 2.05) is 42.2 Å². The molecule has 2 aromatic carbocycles. The van der Waals surface area contributed by atoms with Crippen molar-refractivity contribution >= 4 is 11.6 Å². The molecule has 3 nitrogen and oxygen atoms in total. The smallest absolute Gasteiger partial charge is 0.227 e. The van der Waals surface area contributed by atoms with Crippen LogP contribution in [0.3, 0.4) is 0 Å². The van der Waals surface area contributed by atoms with Crippen LogP contribution in [-0.4, -0.2) is 17.4 Å². The van der Waals surface area contributed by atoms with Gasteiger partial charge in [-0.3, -0.25) is 4.79 Å². The van der Waals surface area contributed by atoms with Gasteiger partial charge in [-0.1, -0.05) is 35.9 Å². The number of nitrogen functional groups attached to an aromatic ring is 1. The fourth-order valence-corrected chi connectivity index (χ4v) is 2.90. The second-order valence-corrected chi connectivity index (χ2v) is 5.76. The van der Waals surface area contributed by atoms with Crippen molar-refractivity contribution in [2.75, 3.05) is 12.3 Å². The van der Waals surface area contributed by atoms with Crippen LogP contribution in [0.2, 0.25) is 0 Å². The van der Waals surface area contributed by atoms with Crippen molar-refractivity contribution in [2.45, 2.75) is 26.3 Å². The zero-order valence-corrected chi connectivity index (χ0v) is 12.3. The summed E-state index contributed by atoms with van der Waals surface area (Å²) in [5, 5.41) is 0. The number of carbonyl (C=O) groups is 1. The lowest BCUT2D eigenvalue weighted by atomic mass is 9.98. The minimum absolute atomic E-state index is 0.189. The summed E-state index contributed by atoms with van der Waals surface area (Å²) in [5.41, 5.74) is 11.4. The summed E-state index contributed by atoms with van der Waals surface area (Å²) < 4.78 is 0. The van der Waals surface area contributed by atoms with Crippen molar-refractivity contribution in [1.29, 1.82) is 0 Å². The molecule has 0 bridgehead atoms. The van der Waals surface area contributed by atoms with E-state index >= 15 is 0 Å². The maximum absolute atomic E-state index is 12.5. The van der Waals surface area contributed by atoms with Crippen LogP contribution >= 0.6 is 0 Å². The number of anilines is 1. The van der Waals surface area contributed by atoms with Gasteiger partial charge >= 0.3 is 0 Å². The van der Waals surface area contributed by atoms with Crippen molar-refractivity contribution < 1.29 is 4.79 Å². The number of carbonyl (C=O) groups excluding carboxylic acids is 1. The topological polar surface area (TPSA) is 46.3 Å². The molecule has 108 valence electrons. The maximum Gasteiger partial charge on any atom is 0.227 e. The van der Waals surface area contributed by atoms with Gasteiger partial charge in [-0.15, -0.1) is 0 Å². The van der Waals surface area contributed by atoms with Crippen molar-refractivity contribution in [2.24, 2.45) is 0 Å². The predicted molar refractivity (Wildman–Crippen MR) is 84.9 cm³/mol. The predicted octanol–water partition coefficient (Wildman–Crippen LogP) is 2.70. The number of aryl methyl sites for hydroxylation is 1. The molecule has 1 aliphatic rings. The summed E-state index contributed by atoms with van der Waals surface area (Å²) in [5.74, 6) is 0.189. The number of benzene rings is 2. The number of hydrogen-bond donors (Lipinski definition) is 1. The van der Waals surface area contributed by atoms with Gasteiger partial charge in [0.25, 0.3) is 0 Å². The molecule has 2 aromatic rings. The summed E-state index contributed by atoms with van der Waals surface area (Å²) in [4.78, 5) is 14.4. The number of nitrogens with two attached hydrogens (primary N) is 1. The number of nitrogens with zero attached hydrogens (tertiary/aromatic N) is 1. The van der Waals surface area contributed by atoms with Crippen LogP contribution in [0.15, 0.2) is 42.5 Å². The van der Waals surface area contributed by atoms with Crippen LogP contribution < -0.4 is 5.73 Å². The molecule has 3 rings (SSSR count). The molecule has 0 atom stereocenters. The molecule has 0 unspecified atom stereocenters. The van der Waals surface area contributed by atoms with Gasteiger partial charge in [0.1, 0.15) is 0 Å². The van der Waals surface area contributed by atoms with Gasteiger partial charge in [0, 0.05) is 18.8 Å². The Morgan fingerprint density at radius 3 is 2.86 bits per heavy atom. The molecule has 0 saturated heterocycles. The second kappa shape index (κ2) is 5.60. The summed E-state index contributed by atoms with van der Waals surface area (Å²) in [6.45, 7) is 3.51. The lowest BCUT2D eigenvalue weighted by molar-refractivity contribution is -0.131. The molecule has 0 aliphatic carbocycles. The van der Waals surface area contributed by atoms with Gasteiger partial charge < -0.3 is 10.6 Å². The average Bonchev–Trinajstić information content (AvgIpc) is 2.46. The molecule has 21 heavy (non-hydrogen) atoms. The largest absolute Gasteiger partial charge is 0.399 e. The SMILES string of the molecule is Cc1cccc(CC(=O)N2CCc3ccc(N)cc3C2)c1. The zero-order valence-electron chi connectivity index (χ0n) is 12.3. The van der Waals surface area contributed by atoms with E-state index in [0.717, 1.165) is 24.2 Å². The number of amides is 1. The minimum atomic E-state index is 0.189. The molecule has 1 heterocycles. The van der Waals surface area contributed by atoms with Crippen molar-refractivity contribution in [3.8, 4) is 0 Å². The Morgan fingerprint density at radius 2 is 2.05 bits per heavy atom. The quantitative estimate of drug-likeness (QED) is 0.860. The van der Waals surface area contributed by atoms with E-state index in [1.165, 1.54) is 16.7 Å². The molecule has 0 saturated carbocycles. The molecule has 1 aliphatic heterocycles. The van der Waals surface area contributed by atoms with Crippen LogP contribution in [0.25, 0.3) is 0 Å². The minimum Gasteiger partial charge on any atom is -0.399 e. The third kappa shape index (κ3) is 3.07. The molecule has 0 fully saturated rings. The van der Waals surface area contributed by atoms with E-state index in [9.17, 15) is 4.79 Å². The Morgan fingerprint density at radius 1 is 1.19 bits per heavy atom. The standard InChI is InChI=1S/C18H20N2O/c1-13-3-2-4-14(9-13)10-18(21)20-8-7-15-5-6-17(19)11-16(15)12-20/h2-6,9,11H,7-8,10,12,19H2,1H3. The van der Waals surface area contributed by atoms with Crippen LogP contribution in [0.4, 0.5) is 5.69 Å². The van der Waals surface area contributed by atoms with E-state index in [2.05, 4.69) is 12.1 Å². The van der Waals surface area contributed by atoms with Gasteiger partial charge in [0.15, 0.2) is 0 Å². The van der Waals surface area contributed by atoms with Crippen LogP contribution in [-0.2, 0) is 24.2 Å². The molecule has 2 N–H and O–H groups in total. The monoisotopic (exact) mass is 280 g/mol.